The molecular formula is C14H15ClN4O. The fourth-order valence-electron chi connectivity index (χ4n) is 2.22. The van der Waals surface area contributed by atoms with E-state index in [-0.39, 0.29) is 5.91 Å². The lowest BCUT2D eigenvalue weighted by Crippen LogP contribution is -2.46. The van der Waals surface area contributed by atoms with E-state index in [4.69, 9.17) is 11.6 Å². The summed E-state index contributed by atoms with van der Waals surface area (Å²) in [5.41, 5.74) is 1.50. The van der Waals surface area contributed by atoms with Crippen molar-refractivity contribution < 1.29 is 4.79 Å². The fourth-order valence-corrected chi connectivity index (χ4v) is 2.34. The van der Waals surface area contributed by atoms with Crippen molar-refractivity contribution in [2.45, 2.75) is 0 Å². The maximum absolute atomic E-state index is 12.3. The van der Waals surface area contributed by atoms with Gasteiger partial charge in [-0.3, -0.25) is 4.79 Å². The number of piperazine rings is 1. The minimum absolute atomic E-state index is 0.0340. The van der Waals surface area contributed by atoms with Crippen LogP contribution in [0.15, 0.2) is 36.7 Å². The number of rotatable bonds is 2. The predicted molar refractivity (Wildman–Crippen MR) is 77.3 cm³/mol. The van der Waals surface area contributed by atoms with Crippen LogP contribution in [0.25, 0.3) is 5.69 Å². The van der Waals surface area contributed by atoms with Crippen LogP contribution in [0, 0.1) is 0 Å². The van der Waals surface area contributed by atoms with Crippen molar-refractivity contribution in [1.82, 2.24) is 20.0 Å². The highest BCUT2D eigenvalue weighted by molar-refractivity contribution is 6.30. The molecule has 1 aliphatic heterocycles. The molecule has 2 heterocycles. The molecule has 1 fully saturated rings. The number of halogens is 1. The monoisotopic (exact) mass is 290 g/mol. The molecule has 2 aromatic rings. The number of carbonyl (C=O) groups is 1. The molecule has 1 aliphatic rings. The first-order valence-corrected chi connectivity index (χ1v) is 6.92. The van der Waals surface area contributed by atoms with Crippen molar-refractivity contribution in [3.05, 3.63) is 47.2 Å². The number of aromatic nitrogens is 2. The number of hydrogen-bond donors (Lipinski definition) is 1. The van der Waals surface area contributed by atoms with Crippen molar-refractivity contribution in [3.63, 3.8) is 0 Å². The molecule has 1 aromatic carbocycles. The van der Waals surface area contributed by atoms with Gasteiger partial charge in [0, 0.05) is 37.4 Å². The zero-order valence-corrected chi connectivity index (χ0v) is 11.7. The summed E-state index contributed by atoms with van der Waals surface area (Å²) in [7, 11) is 0. The molecule has 0 spiro atoms. The lowest BCUT2D eigenvalue weighted by molar-refractivity contribution is 0.0736. The maximum atomic E-state index is 12.3. The van der Waals surface area contributed by atoms with Gasteiger partial charge in [-0.15, -0.1) is 0 Å². The number of amides is 1. The molecule has 0 unspecified atom stereocenters. The van der Waals surface area contributed by atoms with E-state index >= 15 is 0 Å². The van der Waals surface area contributed by atoms with Crippen molar-refractivity contribution in [3.8, 4) is 5.69 Å². The Morgan fingerprint density at radius 2 is 1.90 bits per heavy atom. The standard InChI is InChI=1S/C14H15ClN4O/c15-12-1-3-13(4-2-12)19-10-11(9-17-19)14(20)18-7-5-16-6-8-18/h1-4,9-10,16H,5-8H2. The SMILES string of the molecule is O=C(c1cnn(-c2ccc(Cl)cc2)c1)N1CCNCC1. The summed E-state index contributed by atoms with van der Waals surface area (Å²) >= 11 is 5.86. The molecular weight excluding hydrogens is 276 g/mol. The normalized spacial score (nSPS) is 15.3. The average Bonchev–Trinajstić information content (AvgIpc) is 2.98. The number of nitrogens with zero attached hydrogens (tertiary/aromatic N) is 3. The Balaban J connectivity index is 1.79. The highest BCUT2D eigenvalue weighted by Gasteiger charge is 2.19. The summed E-state index contributed by atoms with van der Waals surface area (Å²) in [5.74, 6) is 0.0340. The summed E-state index contributed by atoms with van der Waals surface area (Å²) in [6.45, 7) is 3.17. The van der Waals surface area contributed by atoms with Gasteiger partial charge in [0.1, 0.15) is 0 Å². The van der Waals surface area contributed by atoms with E-state index in [1.165, 1.54) is 0 Å². The smallest absolute Gasteiger partial charge is 0.257 e. The molecule has 20 heavy (non-hydrogen) atoms. The Bertz CT molecular complexity index is 602. The van der Waals surface area contributed by atoms with Crippen LogP contribution in [0.5, 0.6) is 0 Å². The van der Waals surface area contributed by atoms with Gasteiger partial charge in [-0.05, 0) is 24.3 Å². The second-order valence-electron chi connectivity index (χ2n) is 4.69. The van der Waals surface area contributed by atoms with Gasteiger partial charge in [0.2, 0.25) is 0 Å². The second kappa shape index (κ2) is 5.64. The Labute approximate surface area is 122 Å². The van der Waals surface area contributed by atoms with E-state index in [1.807, 2.05) is 17.0 Å². The highest BCUT2D eigenvalue weighted by Crippen LogP contribution is 2.14. The Morgan fingerprint density at radius 1 is 1.20 bits per heavy atom. The van der Waals surface area contributed by atoms with Crippen LogP contribution in [0.4, 0.5) is 0 Å². The molecule has 0 atom stereocenters. The van der Waals surface area contributed by atoms with Crippen LogP contribution in [0.3, 0.4) is 0 Å². The molecule has 5 nitrogen and oxygen atoms in total. The van der Waals surface area contributed by atoms with Gasteiger partial charge in [-0.2, -0.15) is 5.10 Å². The largest absolute Gasteiger partial charge is 0.336 e. The van der Waals surface area contributed by atoms with Gasteiger partial charge in [-0.1, -0.05) is 11.6 Å². The average molecular weight is 291 g/mol. The molecule has 1 aromatic heterocycles. The third-order valence-corrected chi connectivity index (χ3v) is 3.58. The molecule has 6 heteroatoms. The van der Waals surface area contributed by atoms with Gasteiger partial charge in [0.25, 0.3) is 5.91 Å². The van der Waals surface area contributed by atoms with E-state index in [0.717, 1.165) is 31.9 Å². The van der Waals surface area contributed by atoms with Crippen molar-refractivity contribution in [2.75, 3.05) is 26.2 Å². The molecule has 0 aliphatic carbocycles. The van der Waals surface area contributed by atoms with Crippen molar-refractivity contribution in [1.29, 1.82) is 0 Å². The third-order valence-electron chi connectivity index (χ3n) is 3.32. The molecule has 1 amide bonds. The zero-order chi connectivity index (χ0) is 13.9. The lowest BCUT2D eigenvalue weighted by atomic mass is 10.2. The van der Waals surface area contributed by atoms with Crippen LogP contribution in [-0.4, -0.2) is 46.8 Å². The van der Waals surface area contributed by atoms with Crippen LogP contribution in [0.2, 0.25) is 5.02 Å². The summed E-state index contributed by atoms with van der Waals surface area (Å²) in [4.78, 5) is 14.2. The van der Waals surface area contributed by atoms with E-state index in [0.29, 0.717) is 10.6 Å². The minimum atomic E-state index is 0.0340. The summed E-state index contributed by atoms with van der Waals surface area (Å²) in [6.07, 6.45) is 3.37. The summed E-state index contributed by atoms with van der Waals surface area (Å²) < 4.78 is 1.69. The molecule has 3 rings (SSSR count). The predicted octanol–water partition coefficient (Wildman–Crippen LogP) is 1.57. The van der Waals surface area contributed by atoms with Crippen LogP contribution < -0.4 is 5.32 Å². The van der Waals surface area contributed by atoms with Gasteiger partial charge < -0.3 is 10.2 Å². The number of nitrogens with one attached hydrogen (secondary N) is 1. The first kappa shape index (κ1) is 13.1. The third kappa shape index (κ3) is 2.69. The van der Waals surface area contributed by atoms with Crippen LogP contribution >= 0.6 is 11.6 Å². The van der Waals surface area contributed by atoms with E-state index in [2.05, 4.69) is 10.4 Å². The van der Waals surface area contributed by atoms with Crippen LogP contribution in [0.1, 0.15) is 10.4 Å². The van der Waals surface area contributed by atoms with Crippen molar-refractivity contribution >= 4 is 17.5 Å². The van der Waals surface area contributed by atoms with Gasteiger partial charge in [0.05, 0.1) is 17.4 Å². The highest BCUT2D eigenvalue weighted by atomic mass is 35.5. The molecule has 1 saturated heterocycles. The zero-order valence-electron chi connectivity index (χ0n) is 10.9. The first-order chi connectivity index (χ1) is 9.74. The Kier molecular flexibility index (Phi) is 3.71. The quantitative estimate of drug-likeness (QED) is 0.913. The van der Waals surface area contributed by atoms with Crippen LogP contribution in [-0.2, 0) is 0 Å². The topological polar surface area (TPSA) is 50.2 Å². The summed E-state index contributed by atoms with van der Waals surface area (Å²) in [6, 6.07) is 7.34. The van der Waals surface area contributed by atoms with Gasteiger partial charge >= 0.3 is 0 Å². The van der Waals surface area contributed by atoms with E-state index in [1.54, 1.807) is 29.2 Å². The Hall–Kier alpha value is -1.85. The molecule has 0 saturated carbocycles. The molecule has 104 valence electrons. The van der Waals surface area contributed by atoms with Crippen molar-refractivity contribution in [2.24, 2.45) is 0 Å². The second-order valence-corrected chi connectivity index (χ2v) is 5.13. The molecule has 1 N–H and O–H groups in total. The number of hydrogen-bond acceptors (Lipinski definition) is 3. The van der Waals surface area contributed by atoms with Gasteiger partial charge in [-0.25, -0.2) is 4.68 Å². The van der Waals surface area contributed by atoms with E-state index in [9.17, 15) is 4.79 Å². The fraction of sp³-hybridized carbons (Fsp3) is 0.286. The number of carbonyl (C=O) groups excluding carboxylic acids is 1. The molecule has 0 bridgehead atoms. The van der Waals surface area contributed by atoms with E-state index < -0.39 is 0 Å². The maximum Gasteiger partial charge on any atom is 0.257 e. The van der Waals surface area contributed by atoms with Gasteiger partial charge in [0.15, 0.2) is 0 Å². The minimum Gasteiger partial charge on any atom is -0.336 e. The number of benzene rings is 1. The molecule has 0 radical (unpaired) electrons. The Morgan fingerprint density at radius 3 is 2.60 bits per heavy atom. The lowest BCUT2D eigenvalue weighted by Gasteiger charge is -2.26. The summed E-state index contributed by atoms with van der Waals surface area (Å²) in [5, 5.41) is 8.15. The first-order valence-electron chi connectivity index (χ1n) is 6.54.